The monoisotopic (exact) mass is 412 g/mol. The number of hydrogen-bond donors (Lipinski definition) is 2. The van der Waals surface area contributed by atoms with Crippen molar-refractivity contribution in [3.63, 3.8) is 0 Å². The lowest BCUT2D eigenvalue weighted by molar-refractivity contribution is -0.216. The van der Waals surface area contributed by atoms with Gasteiger partial charge in [-0.15, -0.1) is 0 Å². The Morgan fingerprint density at radius 2 is 1.97 bits per heavy atom. The van der Waals surface area contributed by atoms with E-state index in [1.54, 1.807) is 4.90 Å². The molecule has 1 atom stereocenters. The molecule has 0 aromatic heterocycles. The van der Waals surface area contributed by atoms with Gasteiger partial charge in [-0.3, -0.25) is 24.6 Å². The number of morpholine rings is 1. The van der Waals surface area contributed by atoms with Crippen LogP contribution in [0.25, 0.3) is 0 Å². The first kappa shape index (κ1) is 19.7. The van der Waals surface area contributed by atoms with Gasteiger partial charge < -0.3 is 15.0 Å². The number of benzene rings is 1. The quantitative estimate of drug-likeness (QED) is 0.699. The third kappa shape index (κ3) is 3.33. The molecule has 0 saturated carbocycles. The fourth-order valence-corrected chi connectivity index (χ4v) is 5.39. The van der Waals surface area contributed by atoms with Crippen molar-refractivity contribution in [2.75, 3.05) is 26.2 Å². The molecule has 8 heteroatoms. The fraction of sp³-hybridized carbons (Fsp3) is 0.591. The Balaban J connectivity index is 1.37. The van der Waals surface area contributed by atoms with Crippen LogP contribution in [-0.4, -0.2) is 70.9 Å². The van der Waals surface area contributed by atoms with Crippen LogP contribution in [0.4, 0.5) is 0 Å². The summed E-state index contributed by atoms with van der Waals surface area (Å²) < 4.78 is 6.35. The largest absolute Gasteiger partial charge is 0.364 e. The summed E-state index contributed by atoms with van der Waals surface area (Å²) in [5, 5.41) is 5.69. The maximum Gasteiger partial charge on any atom is 0.255 e. The Bertz CT molecular complexity index is 924. The molecule has 3 fully saturated rings. The topological polar surface area (TPSA) is 91.0 Å². The van der Waals surface area contributed by atoms with Crippen molar-refractivity contribution < 1.29 is 19.1 Å². The van der Waals surface area contributed by atoms with Gasteiger partial charge >= 0.3 is 0 Å². The predicted octanol–water partition coefficient (Wildman–Crippen LogP) is 0.400. The van der Waals surface area contributed by atoms with Gasteiger partial charge in [-0.1, -0.05) is 12.1 Å². The van der Waals surface area contributed by atoms with Gasteiger partial charge in [0.2, 0.25) is 11.8 Å². The van der Waals surface area contributed by atoms with E-state index in [1.165, 1.54) is 0 Å². The molecule has 0 aliphatic carbocycles. The molecule has 2 N–H and O–H groups in total. The van der Waals surface area contributed by atoms with Gasteiger partial charge in [-0.05, 0) is 37.5 Å². The summed E-state index contributed by atoms with van der Waals surface area (Å²) in [6, 6.07) is 5.26. The van der Waals surface area contributed by atoms with Crippen molar-refractivity contribution in [1.82, 2.24) is 20.4 Å². The zero-order valence-electron chi connectivity index (χ0n) is 17.5. The molecule has 3 saturated heterocycles. The van der Waals surface area contributed by atoms with E-state index in [1.807, 2.05) is 12.1 Å². The van der Waals surface area contributed by atoms with Crippen LogP contribution in [0, 0.1) is 0 Å². The standard InChI is InChI=1S/C22H28N4O4/c1-21(2)12-25(13-22(30-21)10-23-11-22)8-14-4-3-5-15-16(14)9-26(20(15)29)17-6-7-18(27)24-19(17)28/h3-5,17,23H,6-13H2,1-2H3,(H,24,27,28). The van der Waals surface area contributed by atoms with E-state index in [4.69, 9.17) is 4.74 Å². The van der Waals surface area contributed by atoms with Crippen molar-refractivity contribution >= 4 is 17.7 Å². The van der Waals surface area contributed by atoms with E-state index in [0.717, 1.165) is 43.9 Å². The Morgan fingerprint density at radius 3 is 2.67 bits per heavy atom. The number of carbonyl (C=O) groups excluding carboxylic acids is 3. The summed E-state index contributed by atoms with van der Waals surface area (Å²) >= 11 is 0. The number of hydrogen-bond acceptors (Lipinski definition) is 6. The third-order valence-electron chi connectivity index (χ3n) is 6.58. The van der Waals surface area contributed by atoms with Gasteiger partial charge in [0.05, 0.1) is 5.60 Å². The van der Waals surface area contributed by atoms with Crippen molar-refractivity contribution in [3.05, 3.63) is 34.9 Å². The fourth-order valence-electron chi connectivity index (χ4n) is 5.39. The van der Waals surface area contributed by atoms with Crippen LogP contribution < -0.4 is 10.6 Å². The minimum atomic E-state index is -0.581. The first-order valence-corrected chi connectivity index (χ1v) is 10.6. The highest BCUT2D eigenvalue weighted by molar-refractivity contribution is 6.05. The second-order valence-electron chi connectivity index (χ2n) is 9.64. The highest BCUT2D eigenvalue weighted by Gasteiger charge is 2.48. The molecule has 3 amide bonds. The SMILES string of the molecule is CC1(C)CN(Cc2cccc3c2CN(C2CCC(=O)NC2=O)C3=O)CC2(CNC2)O1. The molecule has 0 bridgehead atoms. The van der Waals surface area contributed by atoms with E-state index >= 15 is 0 Å². The van der Waals surface area contributed by atoms with Crippen molar-refractivity contribution in [2.45, 2.75) is 57.0 Å². The molecule has 160 valence electrons. The maximum absolute atomic E-state index is 13.0. The number of nitrogens with zero attached hydrogens (tertiary/aromatic N) is 2. The molecule has 4 aliphatic rings. The Hall–Kier alpha value is -2.29. The summed E-state index contributed by atoms with van der Waals surface area (Å²) in [6.07, 6.45) is 0.648. The lowest BCUT2D eigenvalue weighted by atomic mass is 9.90. The van der Waals surface area contributed by atoms with Gasteiger partial charge in [0.1, 0.15) is 11.6 Å². The van der Waals surface area contributed by atoms with E-state index in [2.05, 4.69) is 35.4 Å². The molecular weight excluding hydrogens is 384 g/mol. The van der Waals surface area contributed by atoms with Crippen LogP contribution in [0.5, 0.6) is 0 Å². The molecular formula is C22H28N4O4. The van der Waals surface area contributed by atoms with Crippen LogP contribution in [-0.2, 0) is 27.4 Å². The number of rotatable bonds is 3. The van der Waals surface area contributed by atoms with E-state index < -0.39 is 6.04 Å². The van der Waals surface area contributed by atoms with Crippen molar-refractivity contribution in [1.29, 1.82) is 0 Å². The normalized spacial score (nSPS) is 27.7. The van der Waals surface area contributed by atoms with Gasteiger partial charge in [-0.2, -0.15) is 0 Å². The second kappa shape index (κ2) is 6.87. The molecule has 0 radical (unpaired) electrons. The molecule has 1 aromatic carbocycles. The molecule has 1 aromatic rings. The third-order valence-corrected chi connectivity index (χ3v) is 6.58. The lowest BCUT2D eigenvalue weighted by Crippen LogP contribution is -2.72. The average Bonchev–Trinajstić information content (AvgIpc) is 2.97. The number of fused-ring (bicyclic) bond motifs is 1. The van der Waals surface area contributed by atoms with Gasteiger partial charge in [0.25, 0.3) is 5.91 Å². The number of piperidine rings is 1. The smallest absolute Gasteiger partial charge is 0.255 e. The van der Waals surface area contributed by atoms with Crippen LogP contribution >= 0.6 is 0 Å². The summed E-state index contributed by atoms with van der Waals surface area (Å²) in [5.41, 5.74) is 2.43. The molecule has 5 rings (SSSR count). The molecule has 4 aliphatic heterocycles. The van der Waals surface area contributed by atoms with Crippen molar-refractivity contribution in [2.24, 2.45) is 0 Å². The molecule has 4 heterocycles. The van der Waals surface area contributed by atoms with E-state index in [0.29, 0.717) is 18.5 Å². The van der Waals surface area contributed by atoms with Crippen LogP contribution in [0.15, 0.2) is 18.2 Å². The summed E-state index contributed by atoms with van der Waals surface area (Å²) in [5.74, 6) is -0.762. The Morgan fingerprint density at radius 1 is 1.17 bits per heavy atom. The predicted molar refractivity (Wildman–Crippen MR) is 109 cm³/mol. The molecule has 1 spiro atoms. The van der Waals surface area contributed by atoms with Crippen LogP contribution in [0.1, 0.15) is 48.2 Å². The number of nitrogens with one attached hydrogen (secondary N) is 2. The summed E-state index contributed by atoms with van der Waals surface area (Å²) in [4.78, 5) is 40.9. The van der Waals surface area contributed by atoms with Gasteiger partial charge in [0.15, 0.2) is 0 Å². The Kier molecular flexibility index (Phi) is 4.50. The minimum Gasteiger partial charge on any atom is -0.364 e. The van der Waals surface area contributed by atoms with Gasteiger partial charge in [0, 0.05) is 51.3 Å². The maximum atomic E-state index is 13.0. The average molecular weight is 412 g/mol. The number of ether oxygens (including phenoxy) is 1. The number of amides is 3. The summed E-state index contributed by atoms with van der Waals surface area (Å²) in [6.45, 7) is 8.82. The second-order valence-corrected chi connectivity index (χ2v) is 9.64. The highest BCUT2D eigenvalue weighted by Crippen LogP contribution is 2.34. The van der Waals surface area contributed by atoms with E-state index in [9.17, 15) is 14.4 Å². The number of carbonyl (C=O) groups is 3. The Labute approximate surface area is 175 Å². The molecule has 8 nitrogen and oxygen atoms in total. The first-order chi connectivity index (χ1) is 14.3. The lowest BCUT2D eigenvalue weighted by Gasteiger charge is -2.54. The van der Waals surface area contributed by atoms with Gasteiger partial charge in [-0.25, -0.2) is 0 Å². The minimum absolute atomic E-state index is 0.122. The molecule has 30 heavy (non-hydrogen) atoms. The zero-order chi connectivity index (χ0) is 21.1. The number of imide groups is 1. The van der Waals surface area contributed by atoms with E-state index in [-0.39, 0.29) is 35.3 Å². The molecule has 1 unspecified atom stereocenters. The van der Waals surface area contributed by atoms with Crippen molar-refractivity contribution in [3.8, 4) is 0 Å². The first-order valence-electron chi connectivity index (χ1n) is 10.6. The highest BCUT2D eigenvalue weighted by atomic mass is 16.5. The zero-order valence-corrected chi connectivity index (χ0v) is 17.5. The van der Waals surface area contributed by atoms with Crippen LogP contribution in [0.2, 0.25) is 0 Å². The summed E-state index contributed by atoms with van der Waals surface area (Å²) in [7, 11) is 0. The van der Waals surface area contributed by atoms with Crippen LogP contribution in [0.3, 0.4) is 0 Å².